The van der Waals surface area contributed by atoms with E-state index in [9.17, 15) is 4.79 Å². The van der Waals surface area contributed by atoms with E-state index in [2.05, 4.69) is 49.6 Å². The fourth-order valence-electron chi connectivity index (χ4n) is 3.54. The third-order valence-corrected chi connectivity index (χ3v) is 5.26. The van der Waals surface area contributed by atoms with Gasteiger partial charge in [0.1, 0.15) is 12.1 Å². The molecule has 5 rings (SSSR count). The van der Waals surface area contributed by atoms with Gasteiger partial charge in [0.25, 0.3) is 5.91 Å². The second kappa shape index (κ2) is 8.88. The summed E-state index contributed by atoms with van der Waals surface area (Å²) in [4.78, 5) is 29.9. The van der Waals surface area contributed by atoms with Crippen LogP contribution >= 0.6 is 0 Å². The molecular formula is C25H21N7O. The summed E-state index contributed by atoms with van der Waals surface area (Å²) in [7, 11) is 0. The fourth-order valence-corrected chi connectivity index (χ4v) is 3.54. The van der Waals surface area contributed by atoms with E-state index in [4.69, 9.17) is 0 Å². The van der Waals surface area contributed by atoms with Crippen molar-refractivity contribution < 1.29 is 4.79 Å². The number of hydrogen-bond acceptors (Lipinski definition) is 6. The van der Waals surface area contributed by atoms with Gasteiger partial charge in [-0.05, 0) is 48.9 Å². The maximum atomic E-state index is 12.4. The lowest BCUT2D eigenvalue weighted by atomic mass is 10.1. The minimum atomic E-state index is -0.221. The normalized spacial score (nSPS) is 11.8. The second-order valence-corrected chi connectivity index (χ2v) is 7.53. The number of fused-ring (bicyclic) bond motifs is 1. The zero-order chi connectivity index (χ0) is 22.6. The standard InChI is InChI=1S/C25H21N7O/c1-17(18-6-3-2-4-7-18)29-25-27-13-11-23(31-25)32-16-28-21-14-20(9-10-22(21)32)30-24(33)19-8-5-12-26-15-19/h2-17H,1H3,(H,30,33)(H,27,29,31). The summed E-state index contributed by atoms with van der Waals surface area (Å²) in [6.45, 7) is 2.07. The van der Waals surface area contributed by atoms with Crippen molar-refractivity contribution in [2.45, 2.75) is 13.0 Å². The van der Waals surface area contributed by atoms with E-state index in [1.807, 2.05) is 47.0 Å². The number of benzene rings is 2. The molecule has 3 aromatic heterocycles. The number of imidazole rings is 1. The van der Waals surface area contributed by atoms with Crippen LogP contribution < -0.4 is 10.6 Å². The number of aromatic nitrogens is 5. The highest BCUT2D eigenvalue weighted by Crippen LogP contribution is 2.22. The molecule has 0 saturated heterocycles. The quantitative estimate of drug-likeness (QED) is 0.403. The molecule has 2 aromatic carbocycles. The summed E-state index contributed by atoms with van der Waals surface area (Å²) < 4.78 is 1.89. The van der Waals surface area contributed by atoms with E-state index < -0.39 is 0 Å². The smallest absolute Gasteiger partial charge is 0.257 e. The van der Waals surface area contributed by atoms with Gasteiger partial charge in [-0.15, -0.1) is 0 Å². The average Bonchev–Trinajstić information content (AvgIpc) is 3.28. The molecule has 162 valence electrons. The van der Waals surface area contributed by atoms with Crippen LogP contribution in [0.25, 0.3) is 16.9 Å². The Morgan fingerprint density at radius 1 is 0.970 bits per heavy atom. The number of nitrogens with zero attached hydrogens (tertiary/aromatic N) is 5. The first kappa shape index (κ1) is 20.3. The average molecular weight is 435 g/mol. The maximum Gasteiger partial charge on any atom is 0.257 e. The number of carbonyl (C=O) groups excluding carboxylic acids is 1. The highest BCUT2D eigenvalue weighted by atomic mass is 16.1. The van der Waals surface area contributed by atoms with Gasteiger partial charge in [-0.2, -0.15) is 4.98 Å². The molecule has 0 spiro atoms. The van der Waals surface area contributed by atoms with E-state index in [0.717, 1.165) is 16.6 Å². The topological polar surface area (TPSA) is 97.6 Å². The van der Waals surface area contributed by atoms with Crippen molar-refractivity contribution in [3.63, 3.8) is 0 Å². The minimum Gasteiger partial charge on any atom is -0.348 e. The van der Waals surface area contributed by atoms with Gasteiger partial charge in [0.05, 0.1) is 22.6 Å². The van der Waals surface area contributed by atoms with Gasteiger partial charge in [-0.25, -0.2) is 9.97 Å². The Labute approximate surface area is 190 Å². The number of nitrogens with one attached hydrogen (secondary N) is 2. The van der Waals surface area contributed by atoms with Crippen molar-refractivity contribution >= 4 is 28.6 Å². The number of rotatable bonds is 6. The summed E-state index contributed by atoms with van der Waals surface area (Å²) in [6.07, 6.45) is 6.59. The maximum absolute atomic E-state index is 12.4. The molecule has 33 heavy (non-hydrogen) atoms. The van der Waals surface area contributed by atoms with Crippen molar-refractivity contribution in [1.82, 2.24) is 24.5 Å². The van der Waals surface area contributed by atoms with Gasteiger partial charge in [-0.1, -0.05) is 30.3 Å². The van der Waals surface area contributed by atoms with Gasteiger partial charge in [0.2, 0.25) is 5.95 Å². The zero-order valence-corrected chi connectivity index (χ0v) is 17.9. The van der Waals surface area contributed by atoms with E-state index in [-0.39, 0.29) is 11.9 Å². The van der Waals surface area contributed by atoms with Crippen molar-refractivity contribution in [2.24, 2.45) is 0 Å². The Hall–Kier alpha value is -4.59. The number of anilines is 2. The fraction of sp³-hybridized carbons (Fsp3) is 0.0800. The van der Waals surface area contributed by atoms with Crippen molar-refractivity contribution in [3.05, 3.63) is 103 Å². The number of hydrogen-bond donors (Lipinski definition) is 2. The number of carbonyl (C=O) groups is 1. The van der Waals surface area contributed by atoms with Crippen molar-refractivity contribution in [3.8, 4) is 5.82 Å². The lowest BCUT2D eigenvalue weighted by molar-refractivity contribution is 0.102. The molecule has 2 N–H and O–H groups in total. The molecule has 0 bridgehead atoms. The highest BCUT2D eigenvalue weighted by molar-refractivity contribution is 6.04. The molecule has 0 saturated carbocycles. The van der Waals surface area contributed by atoms with Crippen LogP contribution in [0.5, 0.6) is 0 Å². The molecule has 8 nitrogen and oxygen atoms in total. The Morgan fingerprint density at radius 3 is 2.67 bits per heavy atom. The van der Waals surface area contributed by atoms with Crippen LogP contribution in [0.2, 0.25) is 0 Å². The van der Waals surface area contributed by atoms with Crippen LogP contribution in [0.15, 0.2) is 91.6 Å². The zero-order valence-electron chi connectivity index (χ0n) is 17.9. The number of amides is 1. The molecule has 8 heteroatoms. The minimum absolute atomic E-state index is 0.0620. The molecule has 0 aliphatic rings. The summed E-state index contributed by atoms with van der Waals surface area (Å²) in [5.74, 6) is 1.01. The molecule has 1 unspecified atom stereocenters. The largest absolute Gasteiger partial charge is 0.348 e. The first-order valence-corrected chi connectivity index (χ1v) is 10.5. The summed E-state index contributed by atoms with van der Waals surface area (Å²) in [5, 5.41) is 6.23. The van der Waals surface area contributed by atoms with Crippen LogP contribution in [-0.2, 0) is 0 Å². The Morgan fingerprint density at radius 2 is 1.85 bits per heavy atom. The second-order valence-electron chi connectivity index (χ2n) is 7.53. The predicted molar refractivity (Wildman–Crippen MR) is 127 cm³/mol. The molecule has 3 heterocycles. The highest BCUT2D eigenvalue weighted by Gasteiger charge is 2.12. The van der Waals surface area contributed by atoms with Crippen LogP contribution in [-0.4, -0.2) is 30.4 Å². The molecule has 0 aliphatic heterocycles. The Balaban J connectivity index is 1.37. The summed E-state index contributed by atoms with van der Waals surface area (Å²) >= 11 is 0. The van der Waals surface area contributed by atoms with Crippen LogP contribution in [0.3, 0.4) is 0 Å². The third-order valence-electron chi connectivity index (χ3n) is 5.26. The molecule has 1 amide bonds. The van der Waals surface area contributed by atoms with Crippen molar-refractivity contribution in [2.75, 3.05) is 10.6 Å². The summed E-state index contributed by atoms with van der Waals surface area (Å²) in [5.41, 5.74) is 3.91. The predicted octanol–water partition coefficient (Wildman–Crippen LogP) is 4.64. The molecule has 5 aromatic rings. The van der Waals surface area contributed by atoms with E-state index in [1.54, 1.807) is 30.9 Å². The molecule has 0 fully saturated rings. The molecule has 0 radical (unpaired) electrons. The number of pyridine rings is 1. The molecular weight excluding hydrogens is 414 g/mol. The Kier molecular flexibility index (Phi) is 5.47. The summed E-state index contributed by atoms with van der Waals surface area (Å²) in [6, 6.07) is 21.1. The van der Waals surface area contributed by atoms with Crippen LogP contribution in [0, 0.1) is 0 Å². The van der Waals surface area contributed by atoms with Gasteiger partial charge in [0, 0.05) is 24.3 Å². The van der Waals surface area contributed by atoms with Crippen molar-refractivity contribution in [1.29, 1.82) is 0 Å². The van der Waals surface area contributed by atoms with Gasteiger partial charge in [0.15, 0.2) is 0 Å². The van der Waals surface area contributed by atoms with E-state index >= 15 is 0 Å². The van der Waals surface area contributed by atoms with Crippen LogP contribution in [0.4, 0.5) is 11.6 Å². The van der Waals surface area contributed by atoms with Gasteiger partial charge < -0.3 is 10.6 Å². The van der Waals surface area contributed by atoms with Gasteiger partial charge in [-0.3, -0.25) is 14.3 Å². The third kappa shape index (κ3) is 4.40. The molecule has 1 atom stereocenters. The van der Waals surface area contributed by atoms with E-state index in [1.165, 1.54) is 6.20 Å². The monoisotopic (exact) mass is 435 g/mol. The molecule has 0 aliphatic carbocycles. The first-order valence-electron chi connectivity index (χ1n) is 10.5. The van der Waals surface area contributed by atoms with Gasteiger partial charge >= 0.3 is 0 Å². The lowest BCUT2D eigenvalue weighted by Gasteiger charge is -2.14. The lowest BCUT2D eigenvalue weighted by Crippen LogP contribution is -2.12. The van der Waals surface area contributed by atoms with E-state index in [0.29, 0.717) is 23.0 Å². The first-order chi connectivity index (χ1) is 16.2. The SMILES string of the molecule is CC(Nc1nccc(-n2cnc3cc(NC(=O)c4cccnc4)ccc32)n1)c1ccccc1. The Bertz CT molecular complexity index is 1400. The van der Waals surface area contributed by atoms with Crippen LogP contribution in [0.1, 0.15) is 28.9 Å².